The topological polar surface area (TPSA) is 285 Å². The summed E-state index contributed by atoms with van der Waals surface area (Å²) in [6.45, 7) is 16.0. The van der Waals surface area contributed by atoms with Gasteiger partial charge in [0.25, 0.3) is 11.4 Å². The minimum atomic E-state index is -4.99. The van der Waals surface area contributed by atoms with Gasteiger partial charge in [-0.25, -0.2) is 0 Å². The molecule has 72 heavy (non-hydrogen) atoms. The average Bonchev–Trinajstić information content (AvgIpc) is 4.06. The number of allylic oxidation sites excluding steroid dienone is 1. The van der Waals surface area contributed by atoms with E-state index in [1.807, 2.05) is 6.07 Å². The number of carbonyl (C=O) groups is 7. The number of H-pyrrole nitrogens is 1. The number of fused-ring (bicyclic) bond motifs is 1. The number of aromatic amines is 1. The van der Waals surface area contributed by atoms with Gasteiger partial charge < -0.3 is 60.6 Å². The van der Waals surface area contributed by atoms with Crippen molar-refractivity contribution in [2.24, 2.45) is 11.1 Å². The number of aryl methyl sites for hydroxylation is 1. The molecule has 3 heterocycles. The molecule has 0 bridgehead atoms. The second-order valence-electron chi connectivity index (χ2n) is 19.6. The molecule has 3 unspecified atom stereocenters. The molecule has 2 fully saturated rings. The van der Waals surface area contributed by atoms with Crippen molar-refractivity contribution in [3.05, 3.63) is 76.6 Å². The molecule has 2 aliphatic heterocycles. The summed E-state index contributed by atoms with van der Waals surface area (Å²) in [6.07, 6.45) is 4.96. The molecule has 4 atom stereocenters. The zero-order chi connectivity index (χ0) is 53.5. The largest absolute Gasteiger partial charge is 0.490 e. The van der Waals surface area contributed by atoms with Crippen LogP contribution in [0.4, 0.5) is 0 Å². The number of nitrogens with two attached hydrogens (primary N) is 1. The van der Waals surface area contributed by atoms with Gasteiger partial charge in [-0.2, -0.15) is 0 Å². The van der Waals surface area contributed by atoms with Crippen molar-refractivity contribution < 1.29 is 57.8 Å². The maximum atomic E-state index is 13.9. The van der Waals surface area contributed by atoms with Crippen LogP contribution in [-0.2, 0) is 35.0 Å². The monoisotopic (exact) mass is 1040 g/mol. The number of β-amino-alcohol motifs (C(OH)–C–C–N with tert-alkyl or cyclic N) is 1. The molecule has 0 aliphatic carbocycles. The van der Waals surface area contributed by atoms with Crippen molar-refractivity contribution in [3.63, 3.8) is 0 Å². The first-order valence-electron chi connectivity index (χ1n) is 24.1. The van der Waals surface area contributed by atoms with Crippen LogP contribution in [0.2, 0.25) is 5.02 Å². The van der Waals surface area contributed by atoms with Crippen LogP contribution in [0.5, 0.6) is 5.75 Å². The van der Waals surface area contributed by atoms with E-state index < -0.39 is 37.0 Å². The van der Waals surface area contributed by atoms with Gasteiger partial charge in [0.1, 0.15) is 24.1 Å². The molecule has 0 radical (unpaired) electrons. The molecule has 8 N–H and O–H groups in total. The number of halogens is 1. The molecule has 396 valence electrons. The molecule has 3 aromatic rings. The van der Waals surface area contributed by atoms with Gasteiger partial charge in [-0.15, -0.1) is 0 Å². The predicted molar refractivity (Wildman–Crippen MR) is 273 cm³/mol. The van der Waals surface area contributed by atoms with Gasteiger partial charge in [0.15, 0.2) is 0 Å². The molecule has 1 aromatic heterocycles. The number of nitrogens with one attached hydrogen (secondary N) is 3. The lowest BCUT2D eigenvalue weighted by Crippen LogP contribution is -2.49. The number of carbonyl (C=O) groups excluding carboxylic acids is 7. The van der Waals surface area contributed by atoms with Crippen molar-refractivity contribution in [2.75, 3.05) is 52.9 Å². The first kappa shape index (κ1) is 58.8. The third kappa shape index (κ3) is 17.8. The van der Waals surface area contributed by atoms with E-state index in [0.717, 1.165) is 31.5 Å². The lowest BCUT2D eigenvalue weighted by molar-refractivity contribution is -0.141. The number of primary amides is 1. The fraction of sp³-hybridized carbons (Fsp3) is 0.540. The SMILES string of the molecule is C=C(CC(C)(C)C)N1CCC(O)C1.CNC(=O)CCCc1cccc(OCCN(CCC(N)=O)C(=O)C2CC[C@H](CCN(CC(C)NC(=O)c3cc4cc(C(=O)P(=O)(O)O)ccc4[nH]3)C(C)=O)N2C=O)c1Cl. The Morgan fingerprint density at radius 3 is 2.38 bits per heavy atom. The van der Waals surface area contributed by atoms with Crippen LogP contribution < -0.4 is 21.1 Å². The van der Waals surface area contributed by atoms with Crippen molar-refractivity contribution in [1.29, 1.82) is 0 Å². The lowest BCUT2D eigenvalue weighted by atomic mass is 9.90. The van der Waals surface area contributed by atoms with Gasteiger partial charge in [0, 0.05) is 93.8 Å². The smallest absolute Gasteiger partial charge is 0.396 e. The Bertz CT molecular complexity index is 2470. The van der Waals surface area contributed by atoms with E-state index in [4.69, 9.17) is 22.1 Å². The second-order valence-corrected chi connectivity index (χ2v) is 21.5. The number of hydrogen-bond donors (Lipinski definition) is 7. The van der Waals surface area contributed by atoms with Crippen LogP contribution in [0.25, 0.3) is 10.9 Å². The minimum Gasteiger partial charge on any atom is -0.490 e. The third-order valence-corrected chi connectivity index (χ3v) is 13.7. The lowest BCUT2D eigenvalue weighted by Gasteiger charge is -2.32. The average molecular weight is 1040 g/mol. The van der Waals surface area contributed by atoms with Crippen LogP contribution in [0.15, 0.2) is 54.7 Å². The van der Waals surface area contributed by atoms with Gasteiger partial charge in [0.2, 0.25) is 30.0 Å². The summed E-state index contributed by atoms with van der Waals surface area (Å²) in [5.74, 6) is -1.43. The number of hydrogen-bond acceptors (Lipinski definition) is 11. The fourth-order valence-corrected chi connectivity index (χ4v) is 9.51. The zero-order valence-corrected chi connectivity index (χ0v) is 43.8. The molecule has 20 nitrogen and oxygen atoms in total. The predicted octanol–water partition coefficient (Wildman–Crippen LogP) is 4.34. The van der Waals surface area contributed by atoms with E-state index in [1.54, 1.807) is 26.1 Å². The molecule has 22 heteroatoms. The number of aromatic nitrogens is 1. The van der Waals surface area contributed by atoms with E-state index >= 15 is 0 Å². The number of amides is 6. The normalized spacial score (nSPS) is 17.1. The van der Waals surface area contributed by atoms with E-state index in [0.29, 0.717) is 72.0 Å². The van der Waals surface area contributed by atoms with Gasteiger partial charge in [-0.1, -0.05) is 51.1 Å². The quantitative estimate of drug-likeness (QED) is 0.0486. The van der Waals surface area contributed by atoms with Crippen molar-refractivity contribution >= 4 is 71.6 Å². The zero-order valence-electron chi connectivity index (χ0n) is 42.2. The highest BCUT2D eigenvalue weighted by molar-refractivity contribution is 7.70. The molecule has 6 amide bonds. The summed E-state index contributed by atoms with van der Waals surface area (Å²) < 4.78 is 17.4. The molecule has 2 aliphatic rings. The number of aliphatic hydroxyl groups excluding tert-OH is 1. The number of nitrogens with zero attached hydrogens (tertiary/aromatic N) is 4. The van der Waals surface area contributed by atoms with E-state index in [9.17, 15) is 53.0 Å². The van der Waals surface area contributed by atoms with E-state index in [1.165, 1.54) is 51.6 Å². The Hall–Kier alpha value is -5.79. The number of benzene rings is 2. The summed E-state index contributed by atoms with van der Waals surface area (Å²) in [6, 6.07) is 9.01. The molecular formula is C50H72ClN8O12P. The van der Waals surface area contributed by atoms with Gasteiger partial charge in [-0.3, -0.25) is 38.1 Å². The van der Waals surface area contributed by atoms with Crippen LogP contribution in [0, 0.1) is 5.41 Å². The maximum absolute atomic E-state index is 13.9. The summed E-state index contributed by atoms with van der Waals surface area (Å²) in [5, 5.41) is 15.6. The van der Waals surface area contributed by atoms with Gasteiger partial charge >= 0.3 is 7.60 Å². The molecular weight excluding hydrogens is 971 g/mol. The summed E-state index contributed by atoms with van der Waals surface area (Å²) in [5.41, 5.74) is 6.75. The highest BCUT2D eigenvalue weighted by Crippen LogP contribution is 2.39. The van der Waals surface area contributed by atoms with Gasteiger partial charge in [-0.05, 0) is 93.2 Å². The molecule has 2 saturated heterocycles. The Labute approximate surface area is 426 Å². The first-order valence-corrected chi connectivity index (χ1v) is 26.1. The molecule has 0 saturated carbocycles. The first-order chi connectivity index (χ1) is 33.8. The Morgan fingerprint density at radius 1 is 1.04 bits per heavy atom. The Morgan fingerprint density at radius 2 is 1.76 bits per heavy atom. The third-order valence-electron chi connectivity index (χ3n) is 12.5. The highest BCUT2D eigenvalue weighted by Gasteiger charge is 2.39. The van der Waals surface area contributed by atoms with E-state index in [2.05, 4.69) is 47.9 Å². The number of likely N-dealkylation sites (tertiary alicyclic amines) is 2. The summed E-state index contributed by atoms with van der Waals surface area (Å²) in [4.78, 5) is 115. The van der Waals surface area contributed by atoms with Crippen LogP contribution in [-0.4, -0.2) is 158 Å². The van der Waals surface area contributed by atoms with Crippen LogP contribution in [0.3, 0.4) is 0 Å². The van der Waals surface area contributed by atoms with Crippen molar-refractivity contribution in [3.8, 4) is 5.75 Å². The Balaban J connectivity index is 0.000000748. The molecule has 0 spiro atoms. The minimum absolute atomic E-state index is 0.0101. The fourth-order valence-electron chi connectivity index (χ4n) is 8.75. The molecule has 2 aromatic carbocycles. The standard InChI is InChI=1S/C39H51ClN7O11P.C11H21NO/c1-24(43-37(52)31-21-28-20-27(10-12-30(28)44-31)39(54)59(55,56)57)22-46(25(2)49)16-14-29-11-13-32(47(29)23-48)38(53)45(17-15-34(41)50)18-19-58-33-8-4-6-26(36(33)40)7-5-9-35(51)42-3;1-9(7-11(2,3)4)12-6-5-10(13)8-12/h4,6,8,10,12,20-21,23-24,29,32,44H,5,7,9,11,13-19,22H2,1-3H3,(H2,41,50)(H,42,51)(H,43,52)(H2,55,56,57);10,13H,1,5-8H2,2-4H3/t24?,29-,32?;/m1./s1. The van der Waals surface area contributed by atoms with Crippen molar-refractivity contribution in [2.45, 2.75) is 117 Å². The second kappa shape index (κ2) is 26.8. The van der Waals surface area contributed by atoms with Crippen LogP contribution in [0.1, 0.15) is 112 Å². The van der Waals surface area contributed by atoms with Crippen molar-refractivity contribution in [1.82, 2.24) is 35.2 Å². The number of aliphatic hydroxyl groups is 1. The number of ether oxygens (including phenoxy) is 1. The molecule has 5 rings (SSSR count). The highest BCUT2D eigenvalue weighted by atomic mass is 35.5. The van der Waals surface area contributed by atoms with Gasteiger partial charge in [0.05, 0.1) is 17.7 Å². The summed E-state index contributed by atoms with van der Waals surface area (Å²) >= 11 is 6.60. The summed E-state index contributed by atoms with van der Waals surface area (Å²) in [7, 11) is -3.42. The Kier molecular flexibility index (Phi) is 21.9. The van der Waals surface area contributed by atoms with Crippen LogP contribution >= 0.6 is 19.2 Å². The van der Waals surface area contributed by atoms with E-state index in [-0.39, 0.29) is 80.3 Å². The maximum Gasteiger partial charge on any atom is 0.396 e. The number of rotatable bonds is 24.